The van der Waals surface area contributed by atoms with E-state index < -0.39 is 11.4 Å². The average molecular weight is 497 g/mol. The Bertz CT molecular complexity index is 1250. The van der Waals surface area contributed by atoms with Crippen molar-refractivity contribution in [3.05, 3.63) is 90.0 Å². The fourth-order valence-electron chi connectivity index (χ4n) is 5.42. The van der Waals surface area contributed by atoms with Crippen molar-refractivity contribution in [3.63, 3.8) is 0 Å². The normalized spacial score (nSPS) is 15.8. The molecule has 0 spiro atoms. The molecule has 192 valence electrons. The standard InChI is InChI=1S/C32H36N2O3/c1-23(25-11-13-26(14-12-25)27-15-17-29(18-16-27)34(2)3)32(20-5-4-6-21-32)31(37)33-28-9-7-8-24(22-28)10-19-30(35)36/h7-19,22-23H,4-6,20-21H2,1-3H3,(H,33,37)(H,35,36)/b19-10+. The predicted molar refractivity (Wildman–Crippen MR) is 152 cm³/mol. The number of benzene rings is 3. The van der Waals surface area contributed by atoms with E-state index in [0.29, 0.717) is 5.69 Å². The second kappa shape index (κ2) is 11.5. The van der Waals surface area contributed by atoms with Crippen molar-refractivity contribution in [2.45, 2.75) is 44.9 Å². The number of carbonyl (C=O) groups excluding carboxylic acids is 1. The van der Waals surface area contributed by atoms with E-state index in [1.54, 1.807) is 0 Å². The maximum atomic E-state index is 13.8. The highest BCUT2D eigenvalue weighted by Crippen LogP contribution is 2.48. The van der Waals surface area contributed by atoms with Crippen LogP contribution in [0.2, 0.25) is 0 Å². The van der Waals surface area contributed by atoms with Gasteiger partial charge < -0.3 is 15.3 Å². The van der Waals surface area contributed by atoms with Crippen molar-refractivity contribution in [3.8, 4) is 11.1 Å². The van der Waals surface area contributed by atoms with Crippen LogP contribution in [0.15, 0.2) is 78.9 Å². The molecule has 1 unspecified atom stereocenters. The van der Waals surface area contributed by atoms with Crippen LogP contribution in [0.25, 0.3) is 17.2 Å². The molecule has 0 aromatic heterocycles. The molecule has 1 fully saturated rings. The molecule has 5 heteroatoms. The summed E-state index contributed by atoms with van der Waals surface area (Å²) in [5.41, 5.74) is 5.61. The molecular formula is C32H36N2O3. The Labute approximate surface area is 219 Å². The number of nitrogens with zero attached hydrogens (tertiary/aromatic N) is 1. The van der Waals surface area contributed by atoms with Crippen molar-refractivity contribution in [2.75, 3.05) is 24.3 Å². The number of carbonyl (C=O) groups is 2. The van der Waals surface area contributed by atoms with E-state index in [2.05, 4.69) is 65.7 Å². The molecule has 4 rings (SSSR count). The third kappa shape index (κ3) is 6.11. The third-order valence-electron chi connectivity index (χ3n) is 7.72. The first-order valence-corrected chi connectivity index (χ1v) is 13.0. The molecule has 0 bridgehead atoms. The number of aliphatic carboxylic acids is 1. The van der Waals surface area contributed by atoms with E-state index in [4.69, 9.17) is 5.11 Å². The lowest BCUT2D eigenvalue weighted by atomic mass is 9.63. The summed E-state index contributed by atoms with van der Waals surface area (Å²) in [7, 11) is 4.07. The van der Waals surface area contributed by atoms with E-state index in [9.17, 15) is 9.59 Å². The van der Waals surface area contributed by atoms with Crippen molar-refractivity contribution in [1.82, 2.24) is 0 Å². The fourth-order valence-corrected chi connectivity index (χ4v) is 5.42. The molecule has 0 radical (unpaired) electrons. The summed E-state index contributed by atoms with van der Waals surface area (Å²) in [6.45, 7) is 2.18. The first-order valence-electron chi connectivity index (χ1n) is 13.0. The average Bonchev–Trinajstić information content (AvgIpc) is 2.92. The minimum atomic E-state index is -0.999. The van der Waals surface area contributed by atoms with E-state index >= 15 is 0 Å². The van der Waals surface area contributed by atoms with E-state index in [1.165, 1.54) is 22.9 Å². The van der Waals surface area contributed by atoms with Crippen LogP contribution in [0.4, 0.5) is 11.4 Å². The van der Waals surface area contributed by atoms with Gasteiger partial charge in [0.05, 0.1) is 5.41 Å². The number of hydrogen-bond acceptors (Lipinski definition) is 3. The maximum absolute atomic E-state index is 13.8. The number of carboxylic acid groups (broad SMARTS) is 1. The first kappa shape index (κ1) is 26.2. The number of anilines is 2. The smallest absolute Gasteiger partial charge is 0.328 e. The molecule has 1 aliphatic carbocycles. The van der Waals surface area contributed by atoms with Gasteiger partial charge >= 0.3 is 5.97 Å². The zero-order valence-corrected chi connectivity index (χ0v) is 21.9. The molecule has 3 aromatic rings. The minimum absolute atomic E-state index is 0.0439. The van der Waals surface area contributed by atoms with E-state index in [0.717, 1.165) is 49.3 Å². The Morgan fingerprint density at radius 1 is 0.919 bits per heavy atom. The zero-order valence-electron chi connectivity index (χ0n) is 21.9. The second-order valence-corrected chi connectivity index (χ2v) is 10.3. The number of rotatable bonds is 8. The summed E-state index contributed by atoms with van der Waals surface area (Å²) in [5.74, 6) is -0.892. The monoisotopic (exact) mass is 496 g/mol. The SMILES string of the molecule is CC(c1ccc(-c2ccc(N(C)C)cc2)cc1)C1(C(=O)Nc2cccc(/C=C/C(=O)O)c2)CCCCC1. The summed E-state index contributed by atoms with van der Waals surface area (Å²) >= 11 is 0. The van der Waals surface area contributed by atoms with Gasteiger partial charge in [-0.2, -0.15) is 0 Å². The summed E-state index contributed by atoms with van der Waals surface area (Å²) in [5, 5.41) is 12.1. The molecular weight excluding hydrogens is 460 g/mol. The molecule has 0 aliphatic heterocycles. The van der Waals surface area contributed by atoms with Gasteiger partial charge in [-0.3, -0.25) is 4.79 Å². The van der Waals surface area contributed by atoms with Gasteiger partial charge in [-0.1, -0.05) is 74.7 Å². The predicted octanol–water partition coefficient (Wildman–Crippen LogP) is 7.21. The Hall–Kier alpha value is -3.86. The number of amides is 1. The van der Waals surface area contributed by atoms with Crippen LogP contribution >= 0.6 is 0 Å². The highest BCUT2D eigenvalue weighted by Gasteiger charge is 2.44. The second-order valence-electron chi connectivity index (χ2n) is 10.3. The van der Waals surface area contributed by atoms with Crippen LogP contribution in [0.1, 0.15) is 56.1 Å². The van der Waals surface area contributed by atoms with E-state index in [1.807, 2.05) is 38.4 Å². The lowest BCUT2D eigenvalue weighted by Crippen LogP contribution is -2.42. The number of nitrogens with one attached hydrogen (secondary N) is 1. The Kier molecular flexibility index (Phi) is 8.12. The lowest BCUT2D eigenvalue weighted by molar-refractivity contribution is -0.131. The topological polar surface area (TPSA) is 69.6 Å². The zero-order chi connectivity index (χ0) is 26.4. The largest absolute Gasteiger partial charge is 0.478 e. The molecule has 37 heavy (non-hydrogen) atoms. The molecule has 0 heterocycles. The maximum Gasteiger partial charge on any atom is 0.328 e. The van der Waals surface area contributed by atoms with Crippen molar-refractivity contribution in [2.24, 2.45) is 5.41 Å². The molecule has 3 aromatic carbocycles. The molecule has 0 saturated heterocycles. The van der Waals surface area contributed by atoms with Crippen molar-refractivity contribution >= 4 is 29.3 Å². The van der Waals surface area contributed by atoms with Gasteiger partial charge in [0.1, 0.15) is 0 Å². The van der Waals surface area contributed by atoms with Crippen LogP contribution in [-0.4, -0.2) is 31.1 Å². The summed E-state index contributed by atoms with van der Waals surface area (Å²) in [4.78, 5) is 26.8. The van der Waals surface area contributed by atoms with Gasteiger partial charge in [-0.25, -0.2) is 4.79 Å². The van der Waals surface area contributed by atoms with Gasteiger partial charge in [-0.15, -0.1) is 0 Å². The molecule has 1 amide bonds. The van der Waals surface area contributed by atoms with Crippen molar-refractivity contribution < 1.29 is 14.7 Å². The fraction of sp³-hybridized carbons (Fsp3) is 0.312. The van der Waals surface area contributed by atoms with Gasteiger partial charge in [0.25, 0.3) is 0 Å². The van der Waals surface area contributed by atoms with Gasteiger partial charge in [-0.05, 0) is 71.4 Å². The summed E-state index contributed by atoms with van der Waals surface area (Å²) in [6, 6.07) is 24.5. The minimum Gasteiger partial charge on any atom is -0.478 e. The Morgan fingerprint density at radius 2 is 1.54 bits per heavy atom. The van der Waals surface area contributed by atoms with Crippen LogP contribution in [0.5, 0.6) is 0 Å². The van der Waals surface area contributed by atoms with Crippen molar-refractivity contribution in [1.29, 1.82) is 0 Å². The van der Waals surface area contributed by atoms with Crippen LogP contribution in [0, 0.1) is 5.41 Å². The molecule has 5 nitrogen and oxygen atoms in total. The van der Waals surface area contributed by atoms with Gasteiger partial charge in [0.15, 0.2) is 0 Å². The quantitative estimate of drug-likeness (QED) is 0.323. The lowest BCUT2D eigenvalue weighted by Gasteiger charge is -2.41. The Balaban J connectivity index is 1.55. The summed E-state index contributed by atoms with van der Waals surface area (Å²) in [6.07, 6.45) is 7.57. The summed E-state index contributed by atoms with van der Waals surface area (Å²) < 4.78 is 0. The van der Waals surface area contributed by atoms with Gasteiger partial charge in [0.2, 0.25) is 5.91 Å². The molecule has 2 N–H and O–H groups in total. The van der Waals surface area contributed by atoms with Gasteiger partial charge in [0, 0.05) is 31.5 Å². The van der Waals surface area contributed by atoms with Crippen LogP contribution in [-0.2, 0) is 9.59 Å². The first-order chi connectivity index (χ1) is 17.8. The van der Waals surface area contributed by atoms with Crippen LogP contribution in [0.3, 0.4) is 0 Å². The molecule has 1 saturated carbocycles. The third-order valence-corrected chi connectivity index (χ3v) is 7.72. The highest BCUT2D eigenvalue weighted by atomic mass is 16.4. The molecule has 1 atom stereocenters. The number of carboxylic acids is 1. The van der Waals surface area contributed by atoms with E-state index in [-0.39, 0.29) is 11.8 Å². The van der Waals surface area contributed by atoms with Crippen LogP contribution < -0.4 is 10.2 Å². The highest BCUT2D eigenvalue weighted by molar-refractivity contribution is 5.96. The Morgan fingerprint density at radius 3 is 2.14 bits per heavy atom. The molecule has 1 aliphatic rings. The number of hydrogen-bond donors (Lipinski definition) is 2.